The number of aryl methyl sites for hydroxylation is 1. The number of ether oxygens (including phenoxy) is 1. The van der Waals surface area contributed by atoms with Crippen LogP contribution in [0.4, 0.5) is 5.69 Å². The van der Waals surface area contributed by atoms with Crippen molar-refractivity contribution >= 4 is 28.8 Å². The maximum atomic E-state index is 12.9. The van der Waals surface area contributed by atoms with Crippen molar-refractivity contribution in [2.75, 3.05) is 25.2 Å². The van der Waals surface area contributed by atoms with Crippen LogP contribution in [0.15, 0.2) is 24.3 Å². The van der Waals surface area contributed by atoms with Crippen LogP contribution in [-0.4, -0.2) is 31.2 Å². The molecule has 0 spiro atoms. The summed E-state index contributed by atoms with van der Waals surface area (Å²) in [6.45, 7) is 3.02. The Morgan fingerprint density at radius 1 is 1.35 bits per heavy atom. The van der Waals surface area contributed by atoms with Gasteiger partial charge in [0.1, 0.15) is 5.41 Å². The second-order valence-electron chi connectivity index (χ2n) is 5.21. The number of benzene rings is 1. The molecule has 2 rings (SSSR count). The van der Waals surface area contributed by atoms with Gasteiger partial charge in [0, 0.05) is 25.9 Å². The molecule has 4 nitrogen and oxygen atoms in total. The first-order chi connectivity index (χ1) is 9.49. The van der Waals surface area contributed by atoms with Crippen molar-refractivity contribution in [3.05, 3.63) is 29.8 Å². The first-order valence-corrected chi connectivity index (χ1v) is 7.11. The third-order valence-electron chi connectivity index (χ3n) is 4.01. The van der Waals surface area contributed by atoms with Gasteiger partial charge in [0.05, 0.1) is 4.99 Å². The van der Waals surface area contributed by atoms with Gasteiger partial charge in [-0.2, -0.15) is 0 Å². The molecule has 1 amide bonds. The lowest BCUT2D eigenvalue weighted by atomic mass is 9.78. The molecule has 20 heavy (non-hydrogen) atoms. The van der Waals surface area contributed by atoms with Gasteiger partial charge in [-0.25, -0.2) is 0 Å². The summed E-state index contributed by atoms with van der Waals surface area (Å²) in [7, 11) is 1.78. The fraction of sp³-hybridized carbons (Fsp3) is 0.467. The zero-order valence-electron chi connectivity index (χ0n) is 11.9. The average molecular weight is 292 g/mol. The predicted molar refractivity (Wildman–Crippen MR) is 83.9 cm³/mol. The van der Waals surface area contributed by atoms with Crippen LogP contribution in [0.2, 0.25) is 0 Å². The second kappa shape index (κ2) is 5.89. The van der Waals surface area contributed by atoms with E-state index < -0.39 is 5.41 Å². The monoisotopic (exact) mass is 292 g/mol. The summed E-state index contributed by atoms with van der Waals surface area (Å²) < 4.78 is 5.35. The van der Waals surface area contributed by atoms with Gasteiger partial charge >= 0.3 is 0 Å². The Morgan fingerprint density at radius 3 is 2.50 bits per heavy atom. The van der Waals surface area contributed by atoms with Gasteiger partial charge in [-0.3, -0.25) is 4.79 Å². The van der Waals surface area contributed by atoms with Crippen LogP contribution in [0.5, 0.6) is 0 Å². The number of carbonyl (C=O) groups is 1. The predicted octanol–water partition coefficient (Wildman–Crippen LogP) is 2.04. The number of nitrogens with zero attached hydrogens (tertiary/aromatic N) is 1. The highest BCUT2D eigenvalue weighted by atomic mass is 32.1. The van der Waals surface area contributed by atoms with Gasteiger partial charge in [-0.15, -0.1) is 0 Å². The lowest BCUT2D eigenvalue weighted by Crippen LogP contribution is -2.52. The molecule has 1 fully saturated rings. The molecule has 1 aliphatic heterocycles. The number of para-hydroxylation sites is 1. The minimum absolute atomic E-state index is 0.0393. The molecule has 1 saturated heterocycles. The van der Waals surface area contributed by atoms with Crippen LogP contribution in [0.1, 0.15) is 18.4 Å². The number of thiocarbonyl (C=S) groups is 1. The SMILES string of the molecule is Cc1ccccc1N(C)C(=O)C1(C(N)=S)CCOCC1. The van der Waals surface area contributed by atoms with Gasteiger partial charge < -0.3 is 15.4 Å². The molecule has 0 bridgehead atoms. The zero-order valence-corrected chi connectivity index (χ0v) is 12.7. The Morgan fingerprint density at radius 2 is 1.95 bits per heavy atom. The molecule has 0 saturated carbocycles. The summed E-state index contributed by atoms with van der Waals surface area (Å²) in [4.78, 5) is 14.9. The van der Waals surface area contributed by atoms with Crippen molar-refractivity contribution < 1.29 is 9.53 Å². The molecule has 1 aromatic carbocycles. The number of anilines is 1. The van der Waals surface area contributed by atoms with E-state index in [1.54, 1.807) is 11.9 Å². The number of hydrogen-bond acceptors (Lipinski definition) is 3. The minimum atomic E-state index is -0.773. The molecule has 0 aromatic heterocycles. The number of amides is 1. The Balaban J connectivity index is 2.33. The highest BCUT2D eigenvalue weighted by Gasteiger charge is 2.44. The molecule has 0 atom stereocenters. The molecular formula is C15H20N2O2S. The van der Waals surface area contributed by atoms with E-state index in [0.29, 0.717) is 26.1 Å². The summed E-state index contributed by atoms with van der Waals surface area (Å²) >= 11 is 5.18. The Hall–Kier alpha value is -1.46. The van der Waals surface area contributed by atoms with Crippen molar-refractivity contribution in [1.29, 1.82) is 0 Å². The van der Waals surface area contributed by atoms with E-state index in [-0.39, 0.29) is 10.9 Å². The number of hydrogen-bond donors (Lipinski definition) is 1. The molecular weight excluding hydrogens is 272 g/mol. The van der Waals surface area contributed by atoms with Crippen molar-refractivity contribution in [3.63, 3.8) is 0 Å². The van der Waals surface area contributed by atoms with Gasteiger partial charge in [-0.05, 0) is 31.4 Å². The topological polar surface area (TPSA) is 55.6 Å². The van der Waals surface area contributed by atoms with Gasteiger partial charge in [0.25, 0.3) is 0 Å². The highest BCUT2D eigenvalue weighted by molar-refractivity contribution is 7.80. The molecule has 1 heterocycles. The van der Waals surface area contributed by atoms with Crippen LogP contribution in [-0.2, 0) is 9.53 Å². The summed E-state index contributed by atoms with van der Waals surface area (Å²) in [5.74, 6) is -0.0393. The van der Waals surface area contributed by atoms with Crippen molar-refractivity contribution in [3.8, 4) is 0 Å². The fourth-order valence-corrected chi connectivity index (χ4v) is 2.95. The maximum absolute atomic E-state index is 12.9. The standard InChI is InChI=1S/C15H20N2O2S/c1-11-5-3-4-6-12(11)17(2)14(18)15(13(16)20)7-9-19-10-8-15/h3-6H,7-10H2,1-2H3,(H2,16,20). The van der Waals surface area contributed by atoms with Crippen LogP contribution >= 0.6 is 12.2 Å². The summed E-state index contributed by atoms with van der Waals surface area (Å²) in [6, 6.07) is 7.79. The van der Waals surface area contributed by atoms with Crippen LogP contribution in [0.25, 0.3) is 0 Å². The zero-order chi connectivity index (χ0) is 14.8. The molecule has 0 radical (unpaired) electrons. The molecule has 1 aliphatic rings. The number of carbonyl (C=O) groups excluding carboxylic acids is 1. The van der Waals surface area contributed by atoms with Crippen molar-refractivity contribution in [1.82, 2.24) is 0 Å². The molecule has 2 N–H and O–H groups in total. The molecule has 1 aromatic rings. The summed E-state index contributed by atoms with van der Waals surface area (Å²) in [5, 5.41) is 0. The first-order valence-electron chi connectivity index (χ1n) is 6.70. The van der Waals surface area contributed by atoms with Crippen molar-refractivity contribution in [2.45, 2.75) is 19.8 Å². The lowest BCUT2D eigenvalue weighted by molar-refractivity contribution is -0.128. The van der Waals surface area contributed by atoms with E-state index in [4.69, 9.17) is 22.7 Å². The highest BCUT2D eigenvalue weighted by Crippen LogP contribution is 2.35. The van der Waals surface area contributed by atoms with E-state index in [0.717, 1.165) is 11.3 Å². The Kier molecular flexibility index (Phi) is 4.40. The summed E-state index contributed by atoms with van der Waals surface area (Å²) in [6.07, 6.45) is 1.11. The normalized spacial score (nSPS) is 17.5. The summed E-state index contributed by atoms with van der Waals surface area (Å²) in [5.41, 5.74) is 7.05. The van der Waals surface area contributed by atoms with Crippen molar-refractivity contribution in [2.24, 2.45) is 11.1 Å². The van der Waals surface area contributed by atoms with Gasteiger partial charge in [0.2, 0.25) is 5.91 Å². The minimum Gasteiger partial charge on any atom is -0.392 e. The van der Waals surface area contributed by atoms with E-state index in [2.05, 4.69) is 0 Å². The molecule has 0 aliphatic carbocycles. The van der Waals surface area contributed by atoms with E-state index >= 15 is 0 Å². The third kappa shape index (κ3) is 2.55. The largest absolute Gasteiger partial charge is 0.392 e. The second-order valence-corrected chi connectivity index (χ2v) is 5.65. The third-order valence-corrected chi connectivity index (χ3v) is 4.40. The quantitative estimate of drug-likeness (QED) is 0.866. The van der Waals surface area contributed by atoms with Gasteiger partial charge in [-0.1, -0.05) is 30.4 Å². The fourth-order valence-electron chi connectivity index (χ4n) is 2.66. The van der Waals surface area contributed by atoms with Crippen LogP contribution in [0.3, 0.4) is 0 Å². The maximum Gasteiger partial charge on any atom is 0.239 e. The Bertz CT molecular complexity index is 524. The Labute approximate surface area is 124 Å². The van der Waals surface area contributed by atoms with E-state index in [1.807, 2.05) is 31.2 Å². The number of rotatable bonds is 3. The van der Waals surface area contributed by atoms with Crippen LogP contribution < -0.4 is 10.6 Å². The first kappa shape index (κ1) is 14.9. The average Bonchev–Trinajstić information content (AvgIpc) is 2.47. The van der Waals surface area contributed by atoms with Crippen LogP contribution in [0, 0.1) is 12.3 Å². The lowest BCUT2D eigenvalue weighted by Gasteiger charge is -2.38. The smallest absolute Gasteiger partial charge is 0.239 e. The van der Waals surface area contributed by atoms with E-state index in [1.165, 1.54) is 0 Å². The number of nitrogens with two attached hydrogens (primary N) is 1. The van der Waals surface area contributed by atoms with Gasteiger partial charge in [0.15, 0.2) is 0 Å². The molecule has 108 valence electrons. The molecule has 5 heteroatoms. The molecule has 0 unspecified atom stereocenters. The van der Waals surface area contributed by atoms with E-state index in [9.17, 15) is 4.79 Å².